The Bertz CT molecular complexity index is 307. The van der Waals surface area contributed by atoms with Crippen LogP contribution in [0, 0.1) is 0 Å². The lowest BCUT2D eigenvalue weighted by atomic mass is 10.1. The van der Waals surface area contributed by atoms with E-state index in [2.05, 4.69) is 31.9 Å². The SMILES string of the molecule is FC(F)(F)c1cccc(Br)c1CBr. The number of benzene rings is 1. The molecule has 1 aromatic rings. The zero-order valence-electron chi connectivity index (χ0n) is 6.33. The normalized spacial score (nSPS) is 11.8. The maximum Gasteiger partial charge on any atom is 0.416 e. The number of rotatable bonds is 1. The van der Waals surface area contributed by atoms with Gasteiger partial charge in [0.1, 0.15) is 0 Å². The highest BCUT2D eigenvalue weighted by molar-refractivity contribution is 9.10. The Morgan fingerprint density at radius 2 is 1.85 bits per heavy atom. The van der Waals surface area contributed by atoms with Crippen molar-refractivity contribution in [1.82, 2.24) is 0 Å². The molecule has 0 spiro atoms. The molecular formula is C8H5Br2F3. The Kier molecular flexibility index (Phi) is 3.40. The van der Waals surface area contributed by atoms with Crippen LogP contribution in [0.25, 0.3) is 0 Å². The van der Waals surface area contributed by atoms with Gasteiger partial charge in [-0.1, -0.05) is 37.9 Å². The van der Waals surface area contributed by atoms with Crippen LogP contribution < -0.4 is 0 Å². The van der Waals surface area contributed by atoms with Crippen LogP contribution in [0.5, 0.6) is 0 Å². The van der Waals surface area contributed by atoms with Crippen LogP contribution in [0.3, 0.4) is 0 Å². The number of hydrogen-bond acceptors (Lipinski definition) is 0. The van der Waals surface area contributed by atoms with Gasteiger partial charge in [0.15, 0.2) is 0 Å². The third-order valence-corrected chi connectivity index (χ3v) is 2.86. The van der Waals surface area contributed by atoms with Gasteiger partial charge >= 0.3 is 6.18 Å². The minimum atomic E-state index is -4.28. The van der Waals surface area contributed by atoms with Crippen molar-refractivity contribution in [2.45, 2.75) is 11.5 Å². The third kappa shape index (κ3) is 2.47. The lowest BCUT2D eigenvalue weighted by Crippen LogP contribution is -2.08. The fourth-order valence-corrected chi connectivity index (χ4v) is 2.45. The average molecular weight is 318 g/mol. The molecule has 0 aromatic heterocycles. The van der Waals surface area contributed by atoms with Crippen molar-refractivity contribution in [3.63, 3.8) is 0 Å². The summed E-state index contributed by atoms with van der Waals surface area (Å²) in [7, 11) is 0. The quantitative estimate of drug-likeness (QED) is 0.675. The molecule has 0 saturated heterocycles. The van der Waals surface area contributed by atoms with Gasteiger partial charge in [0, 0.05) is 9.80 Å². The highest BCUT2D eigenvalue weighted by atomic mass is 79.9. The first-order chi connectivity index (χ1) is 5.96. The predicted octanol–water partition coefficient (Wildman–Crippen LogP) is 4.36. The average Bonchev–Trinajstić information content (AvgIpc) is 2.02. The Balaban J connectivity index is 3.29. The molecule has 0 amide bonds. The molecular weight excluding hydrogens is 313 g/mol. The Labute approximate surface area is 90.4 Å². The molecule has 0 radical (unpaired) electrons. The molecule has 0 atom stereocenters. The highest BCUT2D eigenvalue weighted by Gasteiger charge is 2.33. The topological polar surface area (TPSA) is 0 Å². The van der Waals surface area contributed by atoms with Gasteiger partial charge in [-0.15, -0.1) is 0 Å². The molecule has 0 aliphatic carbocycles. The lowest BCUT2D eigenvalue weighted by molar-refractivity contribution is -0.138. The van der Waals surface area contributed by atoms with E-state index in [0.29, 0.717) is 4.47 Å². The van der Waals surface area contributed by atoms with Gasteiger partial charge in [0.2, 0.25) is 0 Å². The van der Waals surface area contributed by atoms with E-state index in [-0.39, 0.29) is 10.9 Å². The summed E-state index contributed by atoms with van der Waals surface area (Å²) in [6.07, 6.45) is -4.28. The van der Waals surface area contributed by atoms with E-state index in [1.807, 2.05) is 0 Å². The molecule has 1 rings (SSSR count). The van der Waals surface area contributed by atoms with Crippen molar-refractivity contribution in [3.8, 4) is 0 Å². The van der Waals surface area contributed by atoms with Crippen molar-refractivity contribution in [3.05, 3.63) is 33.8 Å². The van der Waals surface area contributed by atoms with Crippen LogP contribution in [0.2, 0.25) is 0 Å². The van der Waals surface area contributed by atoms with Crippen LogP contribution in [0.1, 0.15) is 11.1 Å². The smallest absolute Gasteiger partial charge is 0.166 e. The first-order valence-corrected chi connectivity index (χ1v) is 5.29. The molecule has 13 heavy (non-hydrogen) atoms. The monoisotopic (exact) mass is 316 g/mol. The zero-order chi connectivity index (χ0) is 10.1. The van der Waals surface area contributed by atoms with E-state index < -0.39 is 11.7 Å². The second-order valence-corrected chi connectivity index (χ2v) is 3.81. The van der Waals surface area contributed by atoms with E-state index in [1.165, 1.54) is 6.07 Å². The molecule has 72 valence electrons. The van der Waals surface area contributed by atoms with Crippen molar-refractivity contribution in [2.75, 3.05) is 0 Å². The molecule has 0 aliphatic rings. The summed E-state index contributed by atoms with van der Waals surface area (Å²) >= 11 is 6.09. The maximum absolute atomic E-state index is 12.4. The van der Waals surface area contributed by atoms with E-state index in [0.717, 1.165) is 6.07 Å². The highest BCUT2D eigenvalue weighted by Crippen LogP contribution is 2.35. The summed E-state index contributed by atoms with van der Waals surface area (Å²) in [4.78, 5) is 0. The standard InChI is InChI=1S/C8H5Br2F3/c9-4-5-6(8(11,12)13)2-1-3-7(5)10/h1-3H,4H2. The molecule has 0 unspecified atom stereocenters. The van der Waals surface area contributed by atoms with Crippen LogP contribution in [0.4, 0.5) is 13.2 Å². The summed E-state index contributed by atoms with van der Waals surface area (Å²) in [6.45, 7) is 0. The molecule has 0 bridgehead atoms. The van der Waals surface area contributed by atoms with Crippen LogP contribution in [-0.4, -0.2) is 0 Å². The van der Waals surface area contributed by atoms with Gasteiger partial charge < -0.3 is 0 Å². The first-order valence-electron chi connectivity index (χ1n) is 3.37. The summed E-state index contributed by atoms with van der Waals surface area (Å²) < 4.78 is 37.6. The first kappa shape index (κ1) is 11.0. The van der Waals surface area contributed by atoms with Crippen molar-refractivity contribution in [2.24, 2.45) is 0 Å². The van der Waals surface area contributed by atoms with Crippen molar-refractivity contribution < 1.29 is 13.2 Å². The van der Waals surface area contributed by atoms with Gasteiger partial charge in [-0.3, -0.25) is 0 Å². The Morgan fingerprint density at radius 3 is 2.23 bits per heavy atom. The summed E-state index contributed by atoms with van der Waals surface area (Å²) in [5.41, 5.74) is -0.367. The lowest BCUT2D eigenvalue weighted by Gasteiger charge is -2.11. The molecule has 0 aliphatic heterocycles. The van der Waals surface area contributed by atoms with Gasteiger partial charge in [-0.2, -0.15) is 13.2 Å². The van der Waals surface area contributed by atoms with E-state index in [9.17, 15) is 13.2 Å². The maximum atomic E-state index is 12.4. The third-order valence-electron chi connectivity index (χ3n) is 1.56. The van der Waals surface area contributed by atoms with Gasteiger partial charge in [0.05, 0.1) is 5.56 Å². The Hall–Kier alpha value is -0.0300. The summed E-state index contributed by atoms with van der Waals surface area (Å²) in [6, 6.07) is 4.03. The van der Waals surface area contributed by atoms with Crippen LogP contribution >= 0.6 is 31.9 Å². The molecule has 0 N–H and O–H groups in total. The molecule has 1 aromatic carbocycles. The fourth-order valence-electron chi connectivity index (χ4n) is 0.960. The Morgan fingerprint density at radius 1 is 1.23 bits per heavy atom. The molecule has 0 saturated carbocycles. The number of alkyl halides is 4. The fraction of sp³-hybridized carbons (Fsp3) is 0.250. The summed E-state index contributed by atoms with van der Waals surface area (Å²) in [5, 5.41) is 0.184. The van der Waals surface area contributed by atoms with E-state index >= 15 is 0 Å². The van der Waals surface area contributed by atoms with E-state index in [4.69, 9.17) is 0 Å². The number of halogens is 5. The van der Waals surface area contributed by atoms with Gasteiger partial charge in [-0.25, -0.2) is 0 Å². The molecule has 0 fully saturated rings. The molecule has 0 nitrogen and oxygen atoms in total. The largest absolute Gasteiger partial charge is 0.416 e. The van der Waals surface area contributed by atoms with Crippen molar-refractivity contribution in [1.29, 1.82) is 0 Å². The van der Waals surface area contributed by atoms with Gasteiger partial charge in [-0.05, 0) is 17.7 Å². The summed E-state index contributed by atoms with van der Waals surface area (Å²) in [5.74, 6) is 0. The second-order valence-electron chi connectivity index (χ2n) is 2.40. The molecule has 5 heteroatoms. The second kappa shape index (κ2) is 4.00. The van der Waals surface area contributed by atoms with Crippen LogP contribution in [0.15, 0.2) is 22.7 Å². The van der Waals surface area contributed by atoms with Gasteiger partial charge in [0.25, 0.3) is 0 Å². The minimum absolute atomic E-state index is 0.184. The number of hydrogen-bond donors (Lipinski definition) is 0. The predicted molar refractivity (Wildman–Crippen MR) is 51.8 cm³/mol. The minimum Gasteiger partial charge on any atom is -0.166 e. The van der Waals surface area contributed by atoms with Crippen LogP contribution in [-0.2, 0) is 11.5 Å². The molecule has 0 heterocycles. The van der Waals surface area contributed by atoms with E-state index in [1.54, 1.807) is 6.07 Å². The zero-order valence-corrected chi connectivity index (χ0v) is 9.50. The van der Waals surface area contributed by atoms with Crippen molar-refractivity contribution >= 4 is 31.9 Å².